The summed E-state index contributed by atoms with van der Waals surface area (Å²) in [6.45, 7) is 2.96. The Morgan fingerprint density at radius 2 is 2.32 bits per heavy atom. The van der Waals surface area contributed by atoms with Gasteiger partial charge in [-0.2, -0.15) is 5.10 Å². The van der Waals surface area contributed by atoms with E-state index in [0.717, 1.165) is 16.8 Å². The highest BCUT2D eigenvalue weighted by atomic mass is 16.5. The van der Waals surface area contributed by atoms with Crippen LogP contribution in [-0.2, 0) is 4.74 Å². The second kappa shape index (κ2) is 6.15. The Balaban J connectivity index is 2.16. The third kappa shape index (κ3) is 3.20. The fourth-order valence-corrected chi connectivity index (χ4v) is 1.84. The SMILES string of the molecule is COCCNC(=O)c1cccc(-c2cn[nH]c2C)c1. The molecule has 19 heavy (non-hydrogen) atoms. The first-order valence-corrected chi connectivity index (χ1v) is 6.10. The molecule has 0 aliphatic carbocycles. The maximum Gasteiger partial charge on any atom is 0.251 e. The van der Waals surface area contributed by atoms with Crippen molar-refractivity contribution in [2.45, 2.75) is 6.92 Å². The van der Waals surface area contributed by atoms with E-state index in [1.807, 2.05) is 25.1 Å². The monoisotopic (exact) mass is 259 g/mol. The predicted octanol–water partition coefficient (Wildman–Crippen LogP) is 1.76. The summed E-state index contributed by atoms with van der Waals surface area (Å²) in [4.78, 5) is 11.9. The van der Waals surface area contributed by atoms with Crippen LogP contribution in [-0.4, -0.2) is 36.4 Å². The molecule has 1 heterocycles. The van der Waals surface area contributed by atoms with E-state index in [1.54, 1.807) is 19.4 Å². The first kappa shape index (κ1) is 13.3. The highest BCUT2D eigenvalue weighted by Crippen LogP contribution is 2.22. The minimum Gasteiger partial charge on any atom is -0.383 e. The van der Waals surface area contributed by atoms with E-state index in [1.165, 1.54) is 0 Å². The van der Waals surface area contributed by atoms with E-state index in [4.69, 9.17) is 4.74 Å². The Bertz CT molecular complexity index is 563. The standard InChI is InChI=1S/C14H17N3O2/c1-10-13(9-16-17-10)11-4-3-5-12(8-11)14(18)15-6-7-19-2/h3-5,8-9H,6-7H2,1-2H3,(H,15,18)(H,16,17). The summed E-state index contributed by atoms with van der Waals surface area (Å²) < 4.78 is 4.90. The molecule has 1 amide bonds. The molecule has 5 nitrogen and oxygen atoms in total. The van der Waals surface area contributed by atoms with Gasteiger partial charge in [-0.1, -0.05) is 12.1 Å². The highest BCUT2D eigenvalue weighted by Gasteiger charge is 2.08. The van der Waals surface area contributed by atoms with Crippen LogP contribution in [0.4, 0.5) is 0 Å². The number of carbonyl (C=O) groups is 1. The molecule has 1 aromatic carbocycles. The molecule has 1 aromatic heterocycles. The number of ether oxygens (including phenoxy) is 1. The Kier molecular flexibility index (Phi) is 4.30. The average molecular weight is 259 g/mol. The van der Waals surface area contributed by atoms with Gasteiger partial charge >= 0.3 is 0 Å². The number of H-pyrrole nitrogens is 1. The van der Waals surface area contributed by atoms with Crippen LogP contribution in [0, 0.1) is 6.92 Å². The Labute approximate surface area is 112 Å². The minimum absolute atomic E-state index is 0.0972. The van der Waals surface area contributed by atoms with E-state index < -0.39 is 0 Å². The fourth-order valence-electron chi connectivity index (χ4n) is 1.84. The molecule has 0 bridgehead atoms. The predicted molar refractivity (Wildman–Crippen MR) is 73.0 cm³/mol. The van der Waals surface area contributed by atoms with Crippen molar-refractivity contribution < 1.29 is 9.53 Å². The summed E-state index contributed by atoms with van der Waals surface area (Å²) in [6.07, 6.45) is 1.76. The van der Waals surface area contributed by atoms with E-state index in [2.05, 4.69) is 15.5 Å². The van der Waals surface area contributed by atoms with Gasteiger partial charge in [0.05, 0.1) is 12.8 Å². The summed E-state index contributed by atoms with van der Waals surface area (Å²) in [6, 6.07) is 7.48. The van der Waals surface area contributed by atoms with E-state index >= 15 is 0 Å². The van der Waals surface area contributed by atoms with Crippen molar-refractivity contribution >= 4 is 5.91 Å². The van der Waals surface area contributed by atoms with Crippen molar-refractivity contribution in [1.82, 2.24) is 15.5 Å². The average Bonchev–Trinajstić information content (AvgIpc) is 2.85. The van der Waals surface area contributed by atoms with Crippen molar-refractivity contribution in [2.75, 3.05) is 20.3 Å². The van der Waals surface area contributed by atoms with E-state index in [-0.39, 0.29) is 5.91 Å². The van der Waals surface area contributed by atoms with Gasteiger partial charge in [0.15, 0.2) is 0 Å². The Morgan fingerprint density at radius 1 is 1.47 bits per heavy atom. The second-order valence-electron chi connectivity index (χ2n) is 4.24. The molecule has 0 aliphatic heterocycles. The van der Waals surface area contributed by atoms with Gasteiger partial charge in [-0.3, -0.25) is 9.89 Å². The summed E-state index contributed by atoms with van der Waals surface area (Å²) in [7, 11) is 1.61. The van der Waals surface area contributed by atoms with Crippen LogP contribution in [0.25, 0.3) is 11.1 Å². The molecule has 0 aliphatic rings. The number of hydrogen-bond acceptors (Lipinski definition) is 3. The normalized spacial score (nSPS) is 10.4. The van der Waals surface area contributed by atoms with E-state index in [0.29, 0.717) is 18.7 Å². The zero-order valence-electron chi connectivity index (χ0n) is 11.1. The molecule has 0 radical (unpaired) electrons. The number of methoxy groups -OCH3 is 1. The zero-order valence-corrected chi connectivity index (χ0v) is 11.1. The molecular weight excluding hydrogens is 242 g/mol. The smallest absolute Gasteiger partial charge is 0.251 e. The molecule has 100 valence electrons. The summed E-state index contributed by atoms with van der Waals surface area (Å²) in [5.74, 6) is -0.0972. The number of carbonyl (C=O) groups excluding carboxylic acids is 1. The van der Waals surface area contributed by atoms with Gasteiger partial charge in [0.25, 0.3) is 5.91 Å². The maximum absolute atomic E-state index is 11.9. The van der Waals surface area contributed by atoms with Gasteiger partial charge in [-0.15, -0.1) is 0 Å². The van der Waals surface area contributed by atoms with Crippen LogP contribution in [0.3, 0.4) is 0 Å². The number of benzene rings is 1. The van der Waals surface area contributed by atoms with Gasteiger partial charge < -0.3 is 10.1 Å². The lowest BCUT2D eigenvalue weighted by Gasteiger charge is -2.06. The molecule has 2 rings (SSSR count). The van der Waals surface area contributed by atoms with Gasteiger partial charge in [0.2, 0.25) is 0 Å². The van der Waals surface area contributed by atoms with Crippen LogP contribution in [0.15, 0.2) is 30.5 Å². The van der Waals surface area contributed by atoms with Gasteiger partial charge in [-0.05, 0) is 24.6 Å². The molecular formula is C14H17N3O2. The first-order valence-electron chi connectivity index (χ1n) is 6.10. The molecule has 5 heteroatoms. The summed E-state index contributed by atoms with van der Waals surface area (Å²) in [5, 5.41) is 9.68. The second-order valence-corrected chi connectivity index (χ2v) is 4.24. The van der Waals surface area contributed by atoms with Crippen LogP contribution in [0.2, 0.25) is 0 Å². The van der Waals surface area contributed by atoms with Crippen LogP contribution in [0.1, 0.15) is 16.1 Å². The Hall–Kier alpha value is -2.14. The van der Waals surface area contributed by atoms with Crippen molar-refractivity contribution in [1.29, 1.82) is 0 Å². The minimum atomic E-state index is -0.0972. The van der Waals surface area contributed by atoms with Gasteiger partial charge in [-0.25, -0.2) is 0 Å². The van der Waals surface area contributed by atoms with Crippen LogP contribution >= 0.6 is 0 Å². The maximum atomic E-state index is 11.9. The summed E-state index contributed by atoms with van der Waals surface area (Å²) >= 11 is 0. The third-order valence-corrected chi connectivity index (χ3v) is 2.86. The molecule has 0 saturated carbocycles. The number of aromatic nitrogens is 2. The largest absolute Gasteiger partial charge is 0.383 e. The van der Waals surface area contributed by atoms with Gasteiger partial charge in [0, 0.05) is 30.5 Å². The van der Waals surface area contributed by atoms with Gasteiger partial charge in [0.1, 0.15) is 0 Å². The Morgan fingerprint density at radius 3 is 3.00 bits per heavy atom. The van der Waals surface area contributed by atoms with Crippen LogP contribution in [0.5, 0.6) is 0 Å². The van der Waals surface area contributed by atoms with Crippen LogP contribution < -0.4 is 5.32 Å². The first-order chi connectivity index (χ1) is 9.22. The van der Waals surface area contributed by atoms with Crippen molar-refractivity contribution in [3.05, 3.63) is 41.7 Å². The zero-order chi connectivity index (χ0) is 13.7. The number of aromatic amines is 1. The van der Waals surface area contributed by atoms with E-state index in [9.17, 15) is 4.79 Å². The fraction of sp³-hybridized carbons (Fsp3) is 0.286. The molecule has 2 aromatic rings. The number of amides is 1. The molecule has 0 atom stereocenters. The number of nitrogens with one attached hydrogen (secondary N) is 2. The number of nitrogens with zero attached hydrogens (tertiary/aromatic N) is 1. The topological polar surface area (TPSA) is 67.0 Å². The van der Waals surface area contributed by atoms with Crippen molar-refractivity contribution in [3.8, 4) is 11.1 Å². The highest BCUT2D eigenvalue weighted by molar-refractivity contribution is 5.95. The lowest BCUT2D eigenvalue weighted by atomic mass is 10.0. The van der Waals surface area contributed by atoms with Crippen molar-refractivity contribution in [2.24, 2.45) is 0 Å². The lowest BCUT2D eigenvalue weighted by molar-refractivity contribution is 0.0937. The third-order valence-electron chi connectivity index (χ3n) is 2.86. The lowest BCUT2D eigenvalue weighted by Crippen LogP contribution is -2.26. The molecule has 0 spiro atoms. The molecule has 0 saturated heterocycles. The quantitative estimate of drug-likeness (QED) is 0.804. The molecule has 0 unspecified atom stereocenters. The summed E-state index contributed by atoms with van der Waals surface area (Å²) in [5.41, 5.74) is 3.60. The number of hydrogen-bond donors (Lipinski definition) is 2. The molecule has 2 N–H and O–H groups in total. The molecule has 0 fully saturated rings. The number of rotatable bonds is 5. The van der Waals surface area contributed by atoms with Crippen molar-refractivity contribution in [3.63, 3.8) is 0 Å². The number of aryl methyl sites for hydroxylation is 1.